The summed E-state index contributed by atoms with van der Waals surface area (Å²) < 4.78 is 0. The Morgan fingerprint density at radius 3 is 2.91 bits per heavy atom. The monoisotopic (exact) mass is 154 g/mol. The van der Waals surface area contributed by atoms with Crippen molar-refractivity contribution in [3.05, 3.63) is 0 Å². The van der Waals surface area contributed by atoms with Gasteiger partial charge in [-0.2, -0.15) is 5.11 Å². The van der Waals surface area contributed by atoms with Crippen molar-refractivity contribution in [1.82, 2.24) is 0 Å². The zero-order valence-electron chi connectivity index (χ0n) is 6.92. The van der Waals surface area contributed by atoms with Gasteiger partial charge in [0.2, 0.25) is 0 Å². The molecule has 0 saturated heterocycles. The fraction of sp³-hybridized carbons (Fsp3) is 0.875. The summed E-state index contributed by atoms with van der Waals surface area (Å²) in [6.07, 6.45) is 5.21. The molecule has 0 aromatic carbocycles. The van der Waals surface area contributed by atoms with Crippen molar-refractivity contribution < 1.29 is 4.79 Å². The lowest BCUT2D eigenvalue weighted by Crippen LogP contribution is -2.02. The minimum absolute atomic E-state index is 0.0495. The molecule has 0 saturated carbocycles. The first-order chi connectivity index (χ1) is 5.33. The number of nitrogens with zero attached hydrogens (tertiary/aromatic N) is 2. The molecule has 1 aliphatic rings. The Bertz CT molecular complexity index is 165. The molecule has 0 radical (unpaired) electrons. The molecular weight excluding hydrogens is 140 g/mol. The van der Waals surface area contributed by atoms with Gasteiger partial charge in [-0.05, 0) is 6.42 Å². The van der Waals surface area contributed by atoms with E-state index in [2.05, 4.69) is 17.2 Å². The summed E-state index contributed by atoms with van der Waals surface area (Å²) in [6, 6.07) is 0.203. The van der Waals surface area contributed by atoms with E-state index < -0.39 is 0 Å². The van der Waals surface area contributed by atoms with Crippen molar-refractivity contribution in [2.45, 2.75) is 45.1 Å². The Morgan fingerprint density at radius 1 is 1.55 bits per heavy atom. The summed E-state index contributed by atoms with van der Waals surface area (Å²) >= 11 is 0. The van der Waals surface area contributed by atoms with Gasteiger partial charge in [0.15, 0.2) is 0 Å². The van der Waals surface area contributed by atoms with Crippen molar-refractivity contribution in [3.8, 4) is 0 Å². The van der Waals surface area contributed by atoms with Crippen LogP contribution in [-0.4, -0.2) is 11.9 Å². The number of amides is 1. The van der Waals surface area contributed by atoms with Crippen molar-refractivity contribution in [1.29, 1.82) is 0 Å². The highest BCUT2D eigenvalue weighted by Gasteiger charge is 2.17. The topological polar surface area (TPSA) is 41.8 Å². The average Bonchev–Trinajstić information content (AvgIpc) is 2.37. The maximum Gasteiger partial charge on any atom is 0.266 e. The fourth-order valence-electron chi connectivity index (χ4n) is 1.22. The van der Waals surface area contributed by atoms with E-state index in [0.717, 1.165) is 6.42 Å². The van der Waals surface area contributed by atoms with Gasteiger partial charge in [0.25, 0.3) is 5.91 Å². The molecule has 3 heteroatoms. The van der Waals surface area contributed by atoms with Gasteiger partial charge in [-0.3, -0.25) is 4.79 Å². The highest BCUT2D eigenvalue weighted by molar-refractivity contribution is 5.78. The number of carbonyl (C=O) groups is 1. The quantitative estimate of drug-likeness (QED) is 0.573. The van der Waals surface area contributed by atoms with Crippen LogP contribution in [0.15, 0.2) is 10.2 Å². The lowest BCUT2D eigenvalue weighted by Gasteiger charge is -2.01. The summed E-state index contributed by atoms with van der Waals surface area (Å²) in [5.74, 6) is -0.0495. The van der Waals surface area contributed by atoms with Crippen molar-refractivity contribution in [2.24, 2.45) is 10.2 Å². The minimum atomic E-state index is -0.0495. The molecule has 1 atom stereocenters. The molecule has 0 N–H and O–H groups in total. The smallest absolute Gasteiger partial charge is 0.266 e. The highest BCUT2D eigenvalue weighted by Crippen LogP contribution is 2.16. The van der Waals surface area contributed by atoms with Crippen LogP contribution in [0.1, 0.15) is 39.0 Å². The van der Waals surface area contributed by atoms with Crippen LogP contribution < -0.4 is 0 Å². The van der Waals surface area contributed by atoms with Gasteiger partial charge in [0.1, 0.15) is 0 Å². The molecule has 0 bridgehead atoms. The predicted octanol–water partition coefficient (Wildman–Crippen LogP) is 2.32. The molecule has 62 valence electrons. The number of hydrogen-bond acceptors (Lipinski definition) is 2. The number of hydrogen-bond donors (Lipinski definition) is 0. The zero-order valence-corrected chi connectivity index (χ0v) is 6.92. The molecular formula is C8H14N2O. The second-order valence-electron chi connectivity index (χ2n) is 2.96. The number of unbranched alkanes of at least 4 members (excludes halogenated alkanes) is 2. The van der Waals surface area contributed by atoms with Crippen LogP contribution in [0.2, 0.25) is 0 Å². The Kier molecular flexibility index (Phi) is 3.20. The van der Waals surface area contributed by atoms with E-state index in [1.165, 1.54) is 19.3 Å². The molecule has 1 heterocycles. The van der Waals surface area contributed by atoms with Gasteiger partial charge in [-0.25, -0.2) is 0 Å². The van der Waals surface area contributed by atoms with Crippen molar-refractivity contribution >= 4 is 5.91 Å². The lowest BCUT2D eigenvalue weighted by molar-refractivity contribution is -0.117. The van der Waals surface area contributed by atoms with E-state index in [1.807, 2.05) is 0 Å². The highest BCUT2D eigenvalue weighted by atomic mass is 16.2. The van der Waals surface area contributed by atoms with E-state index in [1.54, 1.807) is 0 Å². The molecule has 3 nitrogen and oxygen atoms in total. The van der Waals surface area contributed by atoms with E-state index in [4.69, 9.17) is 0 Å². The van der Waals surface area contributed by atoms with E-state index in [9.17, 15) is 4.79 Å². The lowest BCUT2D eigenvalue weighted by atomic mass is 10.1. The molecule has 0 spiro atoms. The summed E-state index contributed by atoms with van der Waals surface area (Å²) in [7, 11) is 0. The first kappa shape index (κ1) is 8.37. The second kappa shape index (κ2) is 4.21. The molecule has 11 heavy (non-hydrogen) atoms. The first-order valence-electron chi connectivity index (χ1n) is 4.26. The largest absolute Gasteiger partial charge is 0.271 e. The van der Waals surface area contributed by atoms with Gasteiger partial charge < -0.3 is 0 Å². The van der Waals surface area contributed by atoms with Crippen molar-refractivity contribution in [3.63, 3.8) is 0 Å². The molecule has 1 unspecified atom stereocenters. The number of rotatable bonds is 4. The molecule has 1 rings (SSSR count). The normalized spacial score (nSPS) is 23.0. The van der Waals surface area contributed by atoms with E-state index in [-0.39, 0.29) is 11.9 Å². The maximum absolute atomic E-state index is 10.6. The fourth-order valence-corrected chi connectivity index (χ4v) is 1.22. The molecule has 0 aromatic heterocycles. The van der Waals surface area contributed by atoms with Crippen LogP contribution in [0.3, 0.4) is 0 Å². The van der Waals surface area contributed by atoms with Crippen LogP contribution >= 0.6 is 0 Å². The van der Waals surface area contributed by atoms with Crippen LogP contribution in [0, 0.1) is 0 Å². The predicted molar refractivity (Wildman–Crippen MR) is 42.4 cm³/mol. The Hall–Kier alpha value is -0.730. The molecule has 1 amide bonds. The Labute approximate surface area is 66.9 Å². The second-order valence-corrected chi connectivity index (χ2v) is 2.96. The van der Waals surface area contributed by atoms with Crippen molar-refractivity contribution in [2.75, 3.05) is 0 Å². The zero-order chi connectivity index (χ0) is 8.10. The van der Waals surface area contributed by atoms with Gasteiger partial charge in [-0.1, -0.05) is 26.2 Å². The SMILES string of the molecule is CCCCCC1CC(=O)N=N1. The van der Waals surface area contributed by atoms with Crippen LogP contribution in [0.25, 0.3) is 0 Å². The van der Waals surface area contributed by atoms with E-state index >= 15 is 0 Å². The first-order valence-corrected chi connectivity index (χ1v) is 4.26. The summed E-state index contributed by atoms with van der Waals surface area (Å²) in [5, 5.41) is 7.35. The average molecular weight is 154 g/mol. The molecule has 0 aliphatic carbocycles. The summed E-state index contributed by atoms with van der Waals surface area (Å²) in [5.41, 5.74) is 0. The molecule has 0 fully saturated rings. The minimum Gasteiger partial charge on any atom is -0.271 e. The van der Waals surface area contributed by atoms with Crippen LogP contribution in [-0.2, 0) is 4.79 Å². The molecule has 0 aromatic rings. The number of carbonyl (C=O) groups excluding carboxylic acids is 1. The summed E-state index contributed by atoms with van der Waals surface area (Å²) in [6.45, 7) is 2.17. The van der Waals surface area contributed by atoms with Gasteiger partial charge in [-0.15, -0.1) is 5.11 Å². The number of azo groups is 1. The standard InChI is InChI=1S/C8H14N2O/c1-2-3-4-5-7-6-8(11)10-9-7/h7H,2-6H2,1H3. The molecule has 1 aliphatic heterocycles. The van der Waals surface area contributed by atoms with Crippen LogP contribution in [0.4, 0.5) is 0 Å². The third-order valence-electron chi connectivity index (χ3n) is 1.88. The maximum atomic E-state index is 10.6. The summed E-state index contributed by atoms with van der Waals surface area (Å²) in [4.78, 5) is 10.6. The van der Waals surface area contributed by atoms with Crippen LogP contribution in [0.5, 0.6) is 0 Å². The van der Waals surface area contributed by atoms with E-state index in [0.29, 0.717) is 6.42 Å². The third-order valence-corrected chi connectivity index (χ3v) is 1.88. The van der Waals surface area contributed by atoms with Gasteiger partial charge in [0, 0.05) is 0 Å². The Morgan fingerprint density at radius 2 is 2.36 bits per heavy atom. The Balaban J connectivity index is 2.09. The van der Waals surface area contributed by atoms with Gasteiger partial charge in [0.05, 0.1) is 12.5 Å². The van der Waals surface area contributed by atoms with Gasteiger partial charge >= 0.3 is 0 Å². The third kappa shape index (κ3) is 2.78.